The molecule has 2 aromatic carbocycles. The lowest BCUT2D eigenvalue weighted by Gasteiger charge is -2.46. The summed E-state index contributed by atoms with van der Waals surface area (Å²) in [5, 5.41) is 17.7. The summed E-state index contributed by atoms with van der Waals surface area (Å²) in [4.78, 5) is 39.4. The number of carboxylic acids is 1. The summed E-state index contributed by atoms with van der Waals surface area (Å²) >= 11 is 0. The van der Waals surface area contributed by atoms with Crippen LogP contribution in [-0.4, -0.2) is 40.8 Å². The summed E-state index contributed by atoms with van der Waals surface area (Å²) in [6, 6.07) is 16.4. The molecule has 5 rings (SSSR count). The zero-order valence-electron chi connectivity index (χ0n) is 18.6. The molecule has 6 nitrogen and oxygen atoms in total. The molecule has 4 atom stereocenters. The van der Waals surface area contributed by atoms with Crippen LogP contribution in [0.2, 0.25) is 0 Å². The molecule has 0 spiro atoms. The smallest absolute Gasteiger partial charge is 0.325 e. The lowest BCUT2D eigenvalue weighted by atomic mass is 9.65. The lowest BCUT2D eigenvalue weighted by molar-refractivity contribution is -0.149. The van der Waals surface area contributed by atoms with Gasteiger partial charge in [0, 0.05) is 29.6 Å². The topological polar surface area (TPSA) is 95.5 Å². The number of carbonyl (C=O) groups is 3. The highest BCUT2D eigenvalue weighted by atomic mass is 16.4. The van der Waals surface area contributed by atoms with E-state index in [2.05, 4.69) is 10.6 Å². The van der Waals surface area contributed by atoms with Crippen LogP contribution in [0.25, 0.3) is 0 Å². The zero-order valence-corrected chi connectivity index (χ0v) is 18.6. The fourth-order valence-electron chi connectivity index (χ4n) is 5.83. The third kappa shape index (κ3) is 4.08. The maximum absolute atomic E-state index is 13.3. The van der Waals surface area contributed by atoms with E-state index in [9.17, 15) is 19.5 Å². The number of aliphatic carboxylic acids is 1. The van der Waals surface area contributed by atoms with Crippen molar-refractivity contribution in [3.05, 3.63) is 65.7 Å². The predicted octanol–water partition coefficient (Wildman–Crippen LogP) is 4.03. The van der Waals surface area contributed by atoms with Crippen LogP contribution in [0.15, 0.2) is 54.6 Å². The molecule has 0 bridgehead atoms. The second-order valence-electron chi connectivity index (χ2n) is 9.81. The van der Waals surface area contributed by atoms with Gasteiger partial charge in [-0.05, 0) is 55.7 Å². The fourth-order valence-corrected chi connectivity index (χ4v) is 5.83. The van der Waals surface area contributed by atoms with Crippen molar-refractivity contribution in [2.24, 2.45) is 11.8 Å². The van der Waals surface area contributed by atoms with Gasteiger partial charge in [-0.25, -0.2) is 0 Å². The molecule has 3 aliphatic rings. The molecule has 2 aromatic rings. The first kappa shape index (κ1) is 21.8. The van der Waals surface area contributed by atoms with E-state index >= 15 is 0 Å². The molecule has 33 heavy (non-hydrogen) atoms. The van der Waals surface area contributed by atoms with E-state index < -0.39 is 29.0 Å². The molecule has 1 aliphatic heterocycles. The van der Waals surface area contributed by atoms with Gasteiger partial charge in [-0.1, -0.05) is 55.0 Å². The van der Waals surface area contributed by atoms with Crippen molar-refractivity contribution >= 4 is 23.2 Å². The molecule has 3 N–H and O–H groups in total. The highest BCUT2D eigenvalue weighted by Crippen LogP contribution is 2.51. The summed E-state index contributed by atoms with van der Waals surface area (Å²) in [6.07, 6.45) is 4.66. The van der Waals surface area contributed by atoms with Crippen molar-refractivity contribution in [1.29, 1.82) is 0 Å². The van der Waals surface area contributed by atoms with Crippen LogP contribution in [0.4, 0.5) is 5.69 Å². The minimum atomic E-state index is -1.53. The number of benzene rings is 2. The number of nitrogens with one attached hydrogen (secondary N) is 2. The Morgan fingerprint density at radius 3 is 2.42 bits per heavy atom. The van der Waals surface area contributed by atoms with Gasteiger partial charge in [-0.2, -0.15) is 0 Å². The first-order valence-corrected chi connectivity index (χ1v) is 12.0. The van der Waals surface area contributed by atoms with Crippen molar-refractivity contribution in [3.63, 3.8) is 0 Å². The molecule has 1 heterocycles. The molecule has 2 saturated carbocycles. The van der Waals surface area contributed by atoms with Crippen LogP contribution < -0.4 is 10.6 Å². The van der Waals surface area contributed by atoms with E-state index in [-0.39, 0.29) is 18.4 Å². The molecule has 0 saturated heterocycles. The Kier molecular flexibility index (Phi) is 5.79. The van der Waals surface area contributed by atoms with Crippen molar-refractivity contribution in [2.75, 3.05) is 11.9 Å². The molecular formula is C27H30N2O4. The minimum absolute atomic E-state index is 0.0855. The Balaban J connectivity index is 1.57. The molecule has 0 radical (unpaired) electrons. The number of para-hydroxylation sites is 1. The number of ketones is 2. The summed E-state index contributed by atoms with van der Waals surface area (Å²) in [5.74, 6) is -2.21. The second kappa shape index (κ2) is 8.75. The average molecular weight is 447 g/mol. The third-order valence-corrected chi connectivity index (χ3v) is 7.68. The summed E-state index contributed by atoms with van der Waals surface area (Å²) in [6.45, 7) is 0.544. The normalized spacial score (nSPS) is 25.3. The van der Waals surface area contributed by atoms with Crippen LogP contribution in [0, 0.1) is 11.8 Å². The largest absolute Gasteiger partial charge is 0.480 e. The molecule has 0 amide bonds. The maximum Gasteiger partial charge on any atom is 0.325 e. The minimum Gasteiger partial charge on any atom is -0.480 e. The maximum atomic E-state index is 13.3. The van der Waals surface area contributed by atoms with E-state index in [0.717, 1.165) is 43.4 Å². The van der Waals surface area contributed by atoms with E-state index in [1.807, 2.05) is 24.3 Å². The van der Waals surface area contributed by atoms with Gasteiger partial charge in [-0.15, -0.1) is 0 Å². The average Bonchev–Trinajstić information content (AvgIpc) is 3.55. The van der Waals surface area contributed by atoms with Gasteiger partial charge >= 0.3 is 5.97 Å². The monoisotopic (exact) mass is 446 g/mol. The highest BCUT2D eigenvalue weighted by molar-refractivity contribution is 6.44. The Labute approximate surface area is 193 Å². The van der Waals surface area contributed by atoms with E-state index in [1.54, 1.807) is 30.3 Å². The number of anilines is 1. The quantitative estimate of drug-likeness (QED) is 0.398. The molecule has 172 valence electrons. The Bertz CT molecular complexity index is 1060. The number of hydrogen-bond acceptors (Lipinski definition) is 5. The van der Waals surface area contributed by atoms with Gasteiger partial charge in [0.25, 0.3) is 0 Å². The first-order valence-electron chi connectivity index (χ1n) is 12.0. The summed E-state index contributed by atoms with van der Waals surface area (Å²) < 4.78 is 0. The lowest BCUT2D eigenvalue weighted by Crippen LogP contribution is -2.62. The Hall–Kier alpha value is -2.99. The van der Waals surface area contributed by atoms with Gasteiger partial charge in [0.15, 0.2) is 0 Å². The van der Waals surface area contributed by atoms with Gasteiger partial charge in [0.1, 0.15) is 5.54 Å². The van der Waals surface area contributed by atoms with Crippen molar-refractivity contribution in [1.82, 2.24) is 5.32 Å². The molecule has 0 aromatic heterocycles. The van der Waals surface area contributed by atoms with Crippen LogP contribution in [0.5, 0.6) is 0 Å². The van der Waals surface area contributed by atoms with Crippen LogP contribution in [0.1, 0.15) is 60.4 Å². The number of hydrogen-bond donors (Lipinski definition) is 3. The summed E-state index contributed by atoms with van der Waals surface area (Å²) in [5.41, 5.74) is 0.626. The van der Waals surface area contributed by atoms with E-state index in [4.69, 9.17) is 0 Å². The van der Waals surface area contributed by atoms with Crippen LogP contribution in [0.3, 0.4) is 0 Å². The predicted molar refractivity (Wildman–Crippen MR) is 125 cm³/mol. The highest BCUT2D eigenvalue weighted by Gasteiger charge is 2.56. The van der Waals surface area contributed by atoms with Crippen molar-refractivity contribution < 1.29 is 19.5 Å². The third-order valence-electron chi connectivity index (χ3n) is 7.68. The molecule has 2 aliphatic carbocycles. The number of rotatable bonds is 9. The fraction of sp³-hybridized carbons (Fsp3) is 0.444. The van der Waals surface area contributed by atoms with Gasteiger partial charge < -0.3 is 15.7 Å². The number of Topliss-reactive ketones (excluding diaryl/α,β-unsaturated/α-hetero) is 2. The standard InChI is InChI=1S/C27H30N2O4/c30-23(25(31)18-7-2-1-3-8-18)15-27(26(32)33,28-16-17-13-14-17)24-19-9-4-5-11-21(19)29-22-12-6-10-20(22)24/h1-5,7-9,11,17,20,22,24,28-29H,6,10,12-16H2,(H,32,33). The first-order chi connectivity index (χ1) is 16.0. The number of carbonyl (C=O) groups excluding carboxylic acids is 2. The van der Waals surface area contributed by atoms with Crippen LogP contribution >= 0.6 is 0 Å². The Morgan fingerprint density at radius 2 is 1.70 bits per heavy atom. The van der Waals surface area contributed by atoms with Gasteiger partial charge in [0.2, 0.25) is 11.6 Å². The SMILES string of the molecule is O=C(CC(NCC1CC1)(C(=O)O)C1c2ccccc2NC2CCCC21)C(=O)c1ccccc1. The molecule has 2 fully saturated rings. The van der Waals surface area contributed by atoms with Crippen molar-refractivity contribution in [3.8, 4) is 0 Å². The van der Waals surface area contributed by atoms with Gasteiger partial charge in [-0.3, -0.25) is 14.4 Å². The second-order valence-corrected chi connectivity index (χ2v) is 9.81. The zero-order chi connectivity index (χ0) is 23.0. The van der Waals surface area contributed by atoms with E-state index in [0.29, 0.717) is 18.0 Å². The molecule has 4 unspecified atom stereocenters. The summed E-state index contributed by atoms with van der Waals surface area (Å²) in [7, 11) is 0. The number of carboxylic acid groups (broad SMARTS) is 1. The number of fused-ring (bicyclic) bond motifs is 2. The Morgan fingerprint density at radius 1 is 0.970 bits per heavy atom. The van der Waals surface area contributed by atoms with E-state index in [1.165, 1.54) is 0 Å². The van der Waals surface area contributed by atoms with Crippen molar-refractivity contribution in [2.45, 2.75) is 56.0 Å². The molecular weight excluding hydrogens is 416 g/mol. The van der Waals surface area contributed by atoms with Gasteiger partial charge in [0.05, 0.1) is 0 Å². The van der Waals surface area contributed by atoms with Crippen LogP contribution in [-0.2, 0) is 9.59 Å². The molecule has 6 heteroatoms.